The van der Waals surface area contributed by atoms with Crippen LogP contribution in [0.3, 0.4) is 0 Å². The molecule has 0 radical (unpaired) electrons. The van der Waals surface area contributed by atoms with E-state index in [-0.39, 0.29) is 24.0 Å². The van der Waals surface area contributed by atoms with Gasteiger partial charge in [0.25, 0.3) is 11.8 Å². The van der Waals surface area contributed by atoms with E-state index < -0.39 is 17.8 Å². The van der Waals surface area contributed by atoms with Crippen LogP contribution in [-0.2, 0) is 16.2 Å². The van der Waals surface area contributed by atoms with Crippen molar-refractivity contribution >= 4 is 57.1 Å². The molecule has 0 aliphatic carbocycles. The standard InChI is InChI=1S/C27H20BrClN2O6/c1-14-5-15(2)7-18(6-14)31-26(33)19(25(32)30-27(31)34)8-17-9-20(28)24(21(29)10-17)35-12-16-3-4-22-23(11-16)37-13-36-22/h3-11H,12-13H2,1-2H3,(H,30,32,34)/b19-8+. The van der Waals surface area contributed by atoms with E-state index in [4.69, 9.17) is 25.8 Å². The van der Waals surface area contributed by atoms with Crippen LogP contribution in [0, 0.1) is 13.8 Å². The summed E-state index contributed by atoms with van der Waals surface area (Å²) in [7, 11) is 0. The molecule has 1 fully saturated rings. The van der Waals surface area contributed by atoms with Gasteiger partial charge in [-0.25, -0.2) is 9.69 Å². The van der Waals surface area contributed by atoms with Crippen molar-refractivity contribution in [3.8, 4) is 17.2 Å². The SMILES string of the molecule is Cc1cc(C)cc(N2C(=O)NC(=O)/C(=C\c3cc(Cl)c(OCc4ccc5c(c4)OCO5)c(Br)c3)C2=O)c1. The molecule has 0 bridgehead atoms. The van der Waals surface area contributed by atoms with Gasteiger partial charge in [0.1, 0.15) is 12.2 Å². The Morgan fingerprint density at radius 3 is 2.49 bits per heavy atom. The molecular formula is C27H20BrClN2O6. The first-order chi connectivity index (χ1) is 17.7. The Balaban J connectivity index is 1.39. The number of anilines is 1. The topological polar surface area (TPSA) is 94.2 Å². The van der Waals surface area contributed by atoms with Gasteiger partial charge in [-0.15, -0.1) is 0 Å². The number of carbonyl (C=O) groups excluding carboxylic acids is 3. The second-order valence-corrected chi connectivity index (χ2v) is 9.86. The Morgan fingerprint density at radius 2 is 1.76 bits per heavy atom. The molecule has 10 heteroatoms. The number of rotatable bonds is 5. The van der Waals surface area contributed by atoms with Crippen molar-refractivity contribution in [1.82, 2.24) is 5.32 Å². The number of aryl methyl sites for hydroxylation is 2. The molecule has 0 spiro atoms. The summed E-state index contributed by atoms with van der Waals surface area (Å²) >= 11 is 9.95. The molecule has 2 aliphatic rings. The molecule has 1 saturated heterocycles. The van der Waals surface area contributed by atoms with Crippen LogP contribution in [-0.4, -0.2) is 24.6 Å². The number of hydrogen-bond acceptors (Lipinski definition) is 6. The van der Waals surface area contributed by atoms with E-state index in [0.29, 0.717) is 33.0 Å². The average Bonchev–Trinajstić information content (AvgIpc) is 3.28. The number of halogens is 2. The lowest BCUT2D eigenvalue weighted by Gasteiger charge is -2.27. The van der Waals surface area contributed by atoms with Gasteiger partial charge < -0.3 is 14.2 Å². The predicted octanol–water partition coefficient (Wildman–Crippen LogP) is 5.69. The third kappa shape index (κ3) is 5.05. The van der Waals surface area contributed by atoms with Crippen LogP contribution in [0.4, 0.5) is 10.5 Å². The largest absolute Gasteiger partial charge is 0.486 e. The Bertz CT molecular complexity index is 1460. The van der Waals surface area contributed by atoms with Crippen molar-refractivity contribution in [2.45, 2.75) is 20.5 Å². The van der Waals surface area contributed by atoms with E-state index in [0.717, 1.165) is 21.6 Å². The number of barbiturate groups is 1. The molecule has 2 heterocycles. The number of imide groups is 2. The predicted molar refractivity (Wildman–Crippen MR) is 141 cm³/mol. The van der Waals surface area contributed by atoms with Crippen LogP contribution < -0.4 is 24.4 Å². The van der Waals surface area contributed by atoms with Crippen LogP contribution in [0.15, 0.2) is 58.6 Å². The Labute approximate surface area is 225 Å². The molecule has 0 saturated carbocycles. The number of nitrogens with one attached hydrogen (secondary N) is 1. The zero-order valence-corrected chi connectivity index (χ0v) is 22.1. The molecule has 8 nitrogen and oxygen atoms in total. The molecule has 2 aliphatic heterocycles. The molecule has 0 aromatic heterocycles. The fourth-order valence-electron chi connectivity index (χ4n) is 4.13. The van der Waals surface area contributed by atoms with Crippen molar-refractivity contribution in [3.63, 3.8) is 0 Å². The van der Waals surface area contributed by atoms with Gasteiger partial charge in [0, 0.05) is 0 Å². The number of ether oxygens (including phenoxy) is 3. The summed E-state index contributed by atoms with van der Waals surface area (Å²) in [5.74, 6) is 0.213. The lowest BCUT2D eigenvalue weighted by Crippen LogP contribution is -2.54. The molecule has 3 aromatic carbocycles. The van der Waals surface area contributed by atoms with Crippen molar-refractivity contribution in [2.24, 2.45) is 0 Å². The molecule has 0 unspecified atom stereocenters. The quantitative estimate of drug-likeness (QED) is 0.306. The first-order valence-electron chi connectivity index (χ1n) is 11.2. The van der Waals surface area contributed by atoms with Crippen molar-refractivity contribution in [1.29, 1.82) is 0 Å². The van der Waals surface area contributed by atoms with Gasteiger partial charge in [-0.3, -0.25) is 14.9 Å². The highest BCUT2D eigenvalue weighted by molar-refractivity contribution is 9.10. The summed E-state index contributed by atoms with van der Waals surface area (Å²) in [5, 5.41) is 2.51. The zero-order chi connectivity index (χ0) is 26.3. The first kappa shape index (κ1) is 24.9. The van der Waals surface area contributed by atoms with E-state index in [9.17, 15) is 14.4 Å². The normalized spacial score (nSPS) is 15.8. The first-order valence-corrected chi connectivity index (χ1v) is 12.4. The van der Waals surface area contributed by atoms with Gasteiger partial charge in [0.2, 0.25) is 6.79 Å². The highest BCUT2D eigenvalue weighted by atomic mass is 79.9. The molecule has 37 heavy (non-hydrogen) atoms. The molecule has 5 rings (SSSR count). The van der Waals surface area contributed by atoms with Crippen LogP contribution in [0.1, 0.15) is 22.3 Å². The fourth-order valence-corrected chi connectivity index (χ4v) is 5.11. The number of amides is 4. The highest BCUT2D eigenvalue weighted by Gasteiger charge is 2.37. The summed E-state index contributed by atoms with van der Waals surface area (Å²) in [6.45, 7) is 4.13. The number of nitrogens with zero attached hydrogens (tertiary/aromatic N) is 1. The van der Waals surface area contributed by atoms with Crippen LogP contribution >= 0.6 is 27.5 Å². The van der Waals surface area contributed by atoms with Crippen LogP contribution in [0.25, 0.3) is 6.08 Å². The summed E-state index contributed by atoms with van der Waals surface area (Å²) < 4.78 is 17.2. The fraction of sp³-hybridized carbons (Fsp3) is 0.148. The molecular weight excluding hydrogens is 564 g/mol. The maximum atomic E-state index is 13.2. The number of hydrogen-bond donors (Lipinski definition) is 1. The Morgan fingerprint density at radius 1 is 1.03 bits per heavy atom. The number of benzene rings is 3. The number of carbonyl (C=O) groups is 3. The van der Waals surface area contributed by atoms with Crippen LogP contribution in [0.2, 0.25) is 5.02 Å². The maximum Gasteiger partial charge on any atom is 0.335 e. The van der Waals surface area contributed by atoms with E-state index in [1.807, 2.05) is 38.1 Å². The summed E-state index contributed by atoms with van der Waals surface area (Å²) in [6, 6.07) is 13.3. The van der Waals surface area contributed by atoms with E-state index >= 15 is 0 Å². The summed E-state index contributed by atoms with van der Waals surface area (Å²) in [6.07, 6.45) is 1.39. The van der Waals surface area contributed by atoms with E-state index in [2.05, 4.69) is 21.2 Å². The minimum absolute atomic E-state index is 0.186. The molecule has 1 N–H and O–H groups in total. The summed E-state index contributed by atoms with van der Waals surface area (Å²) in [4.78, 5) is 39.3. The summed E-state index contributed by atoms with van der Waals surface area (Å²) in [5.41, 5.74) is 3.27. The van der Waals surface area contributed by atoms with E-state index in [1.54, 1.807) is 24.3 Å². The molecule has 188 valence electrons. The average molecular weight is 584 g/mol. The van der Waals surface area contributed by atoms with E-state index in [1.165, 1.54) is 6.08 Å². The number of fused-ring (bicyclic) bond motifs is 1. The maximum absolute atomic E-state index is 13.2. The lowest BCUT2D eigenvalue weighted by molar-refractivity contribution is -0.122. The van der Waals surface area contributed by atoms with Crippen molar-refractivity contribution < 1.29 is 28.6 Å². The zero-order valence-electron chi connectivity index (χ0n) is 19.8. The van der Waals surface area contributed by atoms with Gasteiger partial charge >= 0.3 is 6.03 Å². The van der Waals surface area contributed by atoms with Gasteiger partial charge in [0.15, 0.2) is 17.2 Å². The second kappa shape index (κ2) is 9.91. The van der Waals surface area contributed by atoms with Crippen molar-refractivity contribution in [3.05, 3.63) is 85.9 Å². The minimum Gasteiger partial charge on any atom is -0.486 e. The molecule has 3 aromatic rings. The third-order valence-corrected chi connectivity index (χ3v) is 6.59. The Kier molecular flexibility index (Phi) is 6.66. The smallest absolute Gasteiger partial charge is 0.335 e. The molecule has 0 atom stereocenters. The second-order valence-electron chi connectivity index (χ2n) is 8.59. The lowest BCUT2D eigenvalue weighted by atomic mass is 10.1. The molecule has 4 amide bonds. The van der Waals surface area contributed by atoms with Gasteiger partial charge in [-0.2, -0.15) is 0 Å². The monoisotopic (exact) mass is 582 g/mol. The Hall–Kier alpha value is -3.82. The number of urea groups is 1. The van der Waals surface area contributed by atoms with Gasteiger partial charge in [-0.05, 0) is 94.5 Å². The highest BCUT2D eigenvalue weighted by Crippen LogP contribution is 2.37. The minimum atomic E-state index is -0.802. The third-order valence-electron chi connectivity index (χ3n) is 5.72. The van der Waals surface area contributed by atoms with Crippen LogP contribution in [0.5, 0.6) is 17.2 Å². The van der Waals surface area contributed by atoms with Gasteiger partial charge in [-0.1, -0.05) is 23.7 Å². The van der Waals surface area contributed by atoms with Crippen molar-refractivity contribution in [2.75, 3.05) is 11.7 Å². The van der Waals surface area contributed by atoms with Gasteiger partial charge in [0.05, 0.1) is 15.2 Å².